The highest BCUT2D eigenvalue weighted by Gasteiger charge is 2.20. The second-order valence-electron chi connectivity index (χ2n) is 5.37. The molecule has 1 aromatic carbocycles. The van der Waals surface area contributed by atoms with E-state index in [1.807, 2.05) is 6.07 Å². The van der Waals surface area contributed by atoms with Gasteiger partial charge in [-0.3, -0.25) is 4.79 Å². The van der Waals surface area contributed by atoms with Gasteiger partial charge in [0.15, 0.2) is 0 Å². The van der Waals surface area contributed by atoms with E-state index in [1.165, 1.54) is 29.0 Å². The van der Waals surface area contributed by atoms with Crippen molar-refractivity contribution in [2.24, 2.45) is 5.92 Å². The van der Waals surface area contributed by atoms with E-state index in [4.69, 9.17) is 0 Å². The van der Waals surface area contributed by atoms with E-state index in [1.54, 1.807) is 23.5 Å². The Morgan fingerprint density at radius 2 is 2.25 bits per heavy atom. The summed E-state index contributed by atoms with van der Waals surface area (Å²) in [5, 5.41) is 2.75. The van der Waals surface area contributed by atoms with Crippen LogP contribution < -0.4 is 5.32 Å². The fraction of sp³-hybridized carbons (Fsp3) is 0.312. The van der Waals surface area contributed by atoms with E-state index in [-0.39, 0.29) is 11.7 Å². The molecule has 1 heterocycles. The van der Waals surface area contributed by atoms with Crippen molar-refractivity contribution in [3.8, 4) is 0 Å². The first kappa shape index (κ1) is 13.3. The second kappa shape index (κ2) is 5.37. The third kappa shape index (κ3) is 2.75. The maximum atomic E-state index is 13.1. The lowest BCUT2D eigenvalue weighted by Gasteiger charge is -2.16. The molecule has 20 heavy (non-hydrogen) atoms. The minimum atomic E-state index is -0.345. The number of fused-ring (bicyclic) bond motifs is 1. The standard InChI is InChI=1S/C16H16FNOS/c1-10-5-6-14-11(7-10)8-15(20-14)16(19)18-13-4-2-3-12(17)9-13/h2-4,8-10H,5-7H2,1H3,(H,18,19)/t10-/m0/s1. The van der Waals surface area contributed by atoms with E-state index in [9.17, 15) is 9.18 Å². The molecule has 0 radical (unpaired) electrons. The fourth-order valence-corrected chi connectivity index (χ4v) is 3.68. The lowest BCUT2D eigenvalue weighted by molar-refractivity contribution is 0.103. The number of thiophene rings is 1. The summed E-state index contributed by atoms with van der Waals surface area (Å²) < 4.78 is 13.1. The molecule has 0 unspecified atom stereocenters. The molecule has 1 aliphatic carbocycles. The largest absolute Gasteiger partial charge is 0.321 e. The molecule has 0 fully saturated rings. The normalized spacial score (nSPS) is 17.6. The highest BCUT2D eigenvalue weighted by atomic mass is 32.1. The summed E-state index contributed by atoms with van der Waals surface area (Å²) in [5.41, 5.74) is 1.80. The van der Waals surface area contributed by atoms with Crippen LogP contribution in [0, 0.1) is 11.7 Å². The Morgan fingerprint density at radius 3 is 3.05 bits per heavy atom. The van der Waals surface area contributed by atoms with E-state index >= 15 is 0 Å². The molecule has 2 nitrogen and oxygen atoms in total. The molecule has 1 aromatic heterocycles. The zero-order valence-electron chi connectivity index (χ0n) is 11.3. The number of anilines is 1. The molecule has 1 amide bonds. The predicted octanol–water partition coefficient (Wildman–Crippen LogP) is 4.26. The molecule has 1 aliphatic rings. The van der Waals surface area contributed by atoms with Crippen molar-refractivity contribution < 1.29 is 9.18 Å². The average Bonchev–Trinajstić information content (AvgIpc) is 2.81. The van der Waals surface area contributed by atoms with Gasteiger partial charge in [0.25, 0.3) is 5.91 Å². The highest BCUT2D eigenvalue weighted by Crippen LogP contribution is 2.32. The summed E-state index contributed by atoms with van der Waals surface area (Å²) in [6.45, 7) is 2.24. The summed E-state index contributed by atoms with van der Waals surface area (Å²) in [5.74, 6) is 0.195. The predicted molar refractivity (Wildman–Crippen MR) is 79.9 cm³/mol. The molecule has 2 aromatic rings. The number of benzene rings is 1. The number of halogens is 1. The fourth-order valence-electron chi connectivity index (χ4n) is 2.58. The first-order valence-electron chi connectivity index (χ1n) is 6.80. The van der Waals surface area contributed by atoms with Crippen molar-refractivity contribution in [1.29, 1.82) is 0 Å². The molecule has 4 heteroatoms. The van der Waals surface area contributed by atoms with Crippen LogP contribution in [0.25, 0.3) is 0 Å². The number of carbonyl (C=O) groups excluding carboxylic acids is 1. The Labute approximate surface area is 121 Å². The van der Waals surface area contributed by atoms with Gasteiger partial charge in [-0.15, -0.1) is 11.3 Å². The molecule has 0 spiro atoms. The Kier molecular flexibility index (Phi) is 3.57. The van der Waals surface area contributed by atoms with E-state index in [0.29, 0.717) is 16.5 Å². The molecular weight excluding hydrogens is 273 g/mol. The van der Waals surface area contributed by atoms with Crippen molar-refractivity contribution in [2.45, 2.75) is 26.2 Å². The molecule has 0 saturated heterocycles. The number of rotatable bonds is 2. The maximum Gasteiger partial charge on any atom is 0.265 e. The molecule has 1 atom stereocenters. The van der Waals surface area contributed by atoms with Crippen LogP contribution >= 0.6 is 11.3 Å². The van der Waals surface area contributed by atoms with Gasteiger partial charge >= 0.3 is 0 Å². The number of hydrogen-bond acceptors (Lipinski definition) is 2. The van der Waals surface area contributed by atoms with Gasteiger partial charge in [0.2, 0.25) is 0 Å². The maximum absolute atomic E-state index is 13.1. The zero-order valence-corrected chi connectivity index (χ0v) is 12.1. The highest BCUT2D eigenvalue weighted by molar-refractivity contribution is 7.14. The summed E-state index contributed by atoms with van der Waals surface area (Å²) in [6, 6.07) is 7.96. The Bertz CT molecular complexity index is 650. The van der Waals surface area contributed by atoms with Gasteiger partial charge < -0.3 is 5.32 Å². The van der Waals surface area contributed by atoms with Gasteiger partial charge in [0, 0.05) is 10.6 Å². The van der Waals surface area contributed by atoms with Gasteiger partial charge in [0.1, 0.15) is 5.82 Å². The molecule has 3 rings (SSSR count). The van der Waals surface area contributed by atoms with Gasteiger partial charge in [-0.2, -0.15) is 0 Å². The van der Waals surface area contributed by atoms with E-state index in [2.05, 4.69) is 12.2 Å². The minimum absolute atomic E-state index is 0.150. The average molecular weight is 289 g/mol. The van der Waals surface area contributed by atoms with E-state index < -0.39 is 0 Å². The first-order chi connectivity index (χ1) is 9.61. The van der Waals surface area contributed by atoms with Crippen molar-refractivity contribution >= 4 is 22.9 Å². The van der Waals surface area contributed by atoms with Gasteiger partial charge in [-0.1, -0.05) is 13.0 Å². The van der Waals surface area contributed by atoms with Crippen LogP contribution in [0.1, 0.15) is 33.5 Å². The van der Waals surface area contributed by atoms with Crippen LogP contribution in [-0.4, -0.2) is 5.91 Å². The quantitative estimate of drug-likeness (QED) is 0.879. The Morgan fingerprint density at radius 1 is 1.40 bits per heavy atom. The number of carbonyl (C=O) groups is 1. The van der Waals surface area contributed by atoms with Crippen LogP contribution in [0.5, 0.6) is 0 Å². The van der Waals surface area contributed by atoms with Gasteiger partial charge in [0.05, 0.1) is 4.88 Å². The van der Waals surface area contributed by atoms with E-state index in [0.717, 1.165) is 12.8 Å². The zero-order chi connectivity index (χ0) is 14.1. The topological polar surface area (TPSA) is 29.1 Å². The summed E-state index contributed by atoms with van der Waals surface area (Å²) in [7, 11) is 0. The Balaban J connectivity index is 1.78. The molecular formula is C16H16FNOS. The van der Waals surface area contributed by atoms with Crippen LogP contribution in [0.15, 0.2) is 30.3 Å². The van der Waals surface area contributed by atoms with Gasteiger partial charge in [-0.25, -0.2) is 4.39 Å². The van der Waals surface area contributed by atoms with Crippen molar-refractivity contribution in [3.63, 3.8) is 0 Å². The van der Waals surface area contributed by atoms with Crippen LogP contribution in [-0.2, 0) is 12.8 Å². The Hall–Kier alpha value is -1.68. The summed E-state index contributed by atoms with van der Waals surface area (Å²) in [6.07, 6.45) is 3.31. The number of hydrogen-bond donors (Lipinski definition) is 1. The first-order valence-corrected chi connectivity index (χ1v) is 7.62. The summed E-state index contributed by atoms with van der Waals surface area (Å²) >= 11 is 1.56. The monoisotopic (exact) mass is 289 g/mol. The molecule has 1 N–H and O–H groups in total. The van der Waals surface area contributed by atoms with Crippen LogP contribution in [0.4, 0.5) is 10.1 Å². The SMILES string of the molecule is C[C@H]1CCc2sc(C(=O)Nc3cccc(F)c3)cc2C1. The second-order valence-corrected chi connectivity index (χ2v) is 6.51. The number of aryl methyl sites for hydroxylation is 1. The van der Waals surface area contributed by atoms with Crippen molar-refractivity contribution in [3.05, 3.63) is 51.5 Å². The molecule has 0 bridgehead atoms. The minimum Gasteiger partial charge on any atom is -0.321 e. The lowest BCUT2D eigenvalue weighted by atomic mass is 9.90. The molecule has 104 valence electrons. The number of amides is 1. The number of nitrogens with one attached hydrogen (secondary N) is 1. The summed E-state index contributed by atoms with van der Waals surface area (Å²) in [4.78, 5) is 14.2. The van der Waals surface area contributed by atoms with Crippen molar-refractivity contribution in [2.75, 3.05) is 5.32 Å². The van der Waals surface area contributed by atoms with Crippen LogP contribution in [0.3, 0.4) is 0 Å². The smallest absolute Gasteiger partial charge is 0.265 e. The third-order valence-corrected chi connectivity index (χ3v) is 4.87. The third-order valence-electron chi connectivity index (χ3n) is 3.64. The van der Waals surface area contributed by atoms with Crippen molar-refractivity contribution in [1.82, 2.24) is 0 Å². The van der Waals surface area contributed by atoms with Gasteiger partial charge in [-0.05, 0) is 55.0 Å². The lowest BCUT2D eigenvalue weighted by Crippen LogP contribution is -2.10. The molecule has 0 aliphatic heterocycles. The molecule has 0 saturated carbocycles. The van der Waals surface area contributed by atoms with Crippen LogP contribution in [0.2, 0.25) is 0 Å².